The zero-order valence-electron chi connectivity index (χ0n) is 10.5. The van der Waals surface area contributed by atoms with Crippen molar-refractivity contribution in [3.63, 3.8) is 0 Å². The topological polar surface area (TPSA) is 65.1 Å². The van der Waals surface area contributed by atoms with Crippen molar-refractivity contribution in [2.45, 2.75) is 38.1 Å². The van der Waals surface area contributed by atoms with Crippen molar-refractivity contribution in [1.29, 1.82) is 0 Å². The van der Waals surface area contributed by atoms with Crippen LogP contribution < -0.4 is 5.32 Å². The monoisotopic (exact) mass is 314 g/mol. The molecule has 0 saturated heterocycles. The normalized spacial score (nSPS) is 28.1. The van der Waals surface area contributed by atoms with Crippen LogP contribution in [0.25, 0.3) is 0 Å². The molecule has 4 nitrogen and oxygen atoms in total. The second kappa shape index (κ2) is 5.45. The molecular formula is C13H19BrN2O2. The molecule has 1 heterocycles. The van der Waals surface area contributed by atoms with Gasteiger partial charge in [0.15, 0.2) is 0 Å². The number of halogens is 1. The van der Waals surface area contributed by atoms with Gasteiger partial charge in [0, 0.05) is 10.7 Å². The number of amides is 1. The molecule has 2 unspecified atom stereocenters. The molecule has 0 aromatic carbocycles. The number of aliphatic hydroxyl groups is 1. The number of aliphatic hydroxyl groups excluding tert-OH is 1. The predicted octanol–water partition coefficient (Wildman–Crippen LogP) is 2.45. The average Bonchev–Trinajstić information content (AvgIpc) is 2.76. The summed E-state index contributed by atoms with van der Waals surface area (Å²) in [6.07, 6.45) is 5.64. The van der Waals surface area contributed by atoms with Crippen LogP contribution in [0.5, 0.6) is 0 Å². The van der Waals surface area contributed by atoms with Gasteiger partial charge in [-0.2, -0.15) is 0 Å². The Hall–Kier alpha value is -0.810. The summed E-state index contributed by atoms with van der Waals surface area (Å²) < 4.78 is 0.850. The molecule has 0 aliphatic heterocycles. The Morgan fingerprint density at radius 2 is 2.50 bits per heavy atom. The summed E-state index contributed by atoms with van der Waals surface area (Å²) in [5.41, 5.74) is 0.0692. The molecule has 1 amide bonds. The van der Waals surface area contributed by atoms with Gasteiger partial charge < -0.3 is 15.4 Å². The first-order chi connectivity index (χ1) is 8.54. The van der Waals surface area contributed by atoms with Gasteiger partial charge in [0.05, 0.1) is 12.1 Å². The van der Waals surface area contributed by atoms with Gasteiger partial charge in [-0.15, -0.1) is 0 Å². The molecule has 2 atom stereocenters. The number of hydrogen-bond acceptors (Lipinski definition) is 2. The van der Waals surface area contributed by atoms with Crippen LogP contribution in [-0.4, -0.2) is 28.1 Å². The van der Waals surface area contributed by atoms with E-state index in [4.69, 9.17) is 0 Å². The van der Waals surface area contributed by atoms with Gasteiger partial charge in [-0.05, 0) is 40.8 Å². The third kappa shape index (κ3) is 2.95. The van der Waals surface area contributed by atoms with Gasteiger partial charge in [0.25, 0.3) is 5.91 Å². The van der Waals surface area contributed by atoms with Gasteiger partial charge in [-0.25, -0.2) is 0 Å². The minimum atomic E-state index is -0.452. The minimum Gasteiger partial charge on any atom is -0.394 e. The smallest absolute Gasteiger partial charge is 0.268 e. The lowest BCUT2D eigenvalue weighted by atomic mass is 9.77. The van der Waals surface area contributed by atoms with Crippen LogP contribution >= 0.6 is 15.9 Å². The lowest BCUT2D eigenvalue weighted by molar-refractivity contribution is 0.0693. The van der Waals surface area contributed by atoms with Gasteiger partial charge in [-0.3, -0.25) is 4.79 Å². The van der Waals surface area contributed by atoms with Crippen LogP contribution in [0, 0.1) is 5.92 Å². The number of hydrogen-bond donors (Lipinski definition) is 3. The molecule has 0 spiro atoms. The van der Waals surface area contributed by atoms with E-state index in [0.717, 1.165) is 23.7 Å². The number of nitrogens with one attached hydrogen (secondary N) is 2. The van der Waals surface area contributed by atoms with Crippen molar-refractivity contribution in [3.05, 3.63) is 22.4 Å². The summed E-state index contributed by atoms with van der Waals surface area (Å²) in [5.74, 6) is 0.394. The molecule has 1 fully saturated rings. The summed E-state index contributed by atoms with van der Waals surface area (Å²) in [6.45, 7) is 2.17. The van der Waals surface area contributed by atoms with Crippen molar-refractivity contribution < 1.29 is 9.90 Å². The first kappa shape index (κ1) is 13.6. The highest BCUT2D eigenvalue weighted by molar-refractivity contribution is 9.10. The number of carbonyl (C=O) groups is 1. The number of carbonyl (C=O) groups excluding carboxylic acids is 1. The van der Waals surface area contributed by atoms with E-state index in [0.29, 0.717) is 11.6 Å². The van der Waals surface area contributed by atoms with Crippen LogP contribution in [0.4, 0.5) is 0 Å². The van der Waals surface area contributed by atoms with E-state index < -0.39 is 5.54 Å². The van der Waals surface area contributed by atoms with Crippen LogP contribution in [0.15, 0.2) is 16.7 Å². The van der Waals surface area contributed by atoms with Crippen molar-refractivity contribution in [1.82, 2.24) is 10.3 Å². The first-order valence-corrected chi connectivity index (χ1v) is 7.11. The highest BCUT2D eigenvalue weighted by Crippen LogP contribution is 2.32. The van der Waals surface area contributed by atoms with E-state index in [1.54, 1.807) is 12.3 Å². The molecule has 5 heteroatoms. The second-order valence-corrected chi connectivity index (χ2v) is 6.24. The fourth-order valence-electron chi connectivity index (χ4n) is 2.76. The molecule has 1 aromatic heterocycles. The highest BCUT2D eigenvalue weighted by atomic mass is 79.9. The van der Waals surface area contributed by atoms with Crippen molar-refractivity contribution in [3.8, 4) is 0 Å². The summed E-state index contributed by atoms with van der Waals surface area (Å²) in [6, 6.07) is 1.74. The maximum atomic E-state index is 12.1. The lowest BCUT2D eigenvalue weighted by Gasteiger charge is -2.39. The second-order valence-electron chi connectivity index (χ2n) is 5.33. The van der Waals surface area contributed by atoms with Gasteiger partial charge in [-0.1, -0.05) is 19.8 Å². The summed E-state index contributed by atoms with van der Waals surface area (Å²) >= 11 is 3.31. The van der Waals surface area contributed by atoms with E-state index in [1.165, 1.54) is 6.42 Å². The Morgan fingerprint density at radius 3 is 3.06 bits per heavy atom. The van der Waals surface area contributed by atoms with Gasteiger partial charge >= 0.3 is 0 Å². The van der Waals surface area contributed by atoms with Gasteiger partial charge in [0.2, 0.25) is 0 Å². The van der Waals surface area contributed by atoms with Crippen LogP contribution in [0.1, 0.15) is 43.1 Å². The highest BCUT2D eigenvalue weighted by Gasteiger charge is 2.36. The Kier molecular flexibility index (Phi) is 4.12. The third-order valence-corrected chi connectivity index (χ3v) is 4.12. The molecule has 1 aliphatic carbocycles. The van der Waals surface area contributed by atoms with Crippen LogP contribution in [-0.2, 0) is 0 Å². The fraction of sp³-hybridized carbons (Fsp3) is 0.615. The Balaban J connectivity index is 2.08. The largest absolute Gasteiger partial charge is 0.394 e. The van der Waals surface area contributed by atoms with Crippen molar-refractivity contribution in [2.24, 2.45) is 5.92 Å². The zero-order valence-corrected chi connectivity index (χ0v) is 12.1. The number of aromatic nitrogens is 1. The number of rotatable bonds is 3. The van der Waals surface area contributed by atoms with Crippen LogP contribution in [0.3, 0.4) is 0 Å². The summed E-state index contributed by atoms with van der Waals surface area (Å²) in [7, 11) is 0. The maximum Gasteiger partial charge on any atom is 0.268 e. The zero-order chi connectivity index (χ0) is 13.2. The fourth-order valence-corrected chi connectivity index (χ4v) is 3.11. The van der Waals surface area contributed by atoms with E-state index in [9.17, 15) is 9.90 Å². The van der Waals surface area contributed by atoms with Crippen molar-refractivity contribution >= 4 is 21.8 Å². The molecule has 0 radical (unpaired) electrons. The Morgan fingerprint density at radius 1 is 1.72 bits per heavy atom. The predicted molar refractivity (Wildman–Crippen MR) is 73.4 cm³/mol. The van der Waals surface area contributed by atoms with E-state index in [-0.39, 0.29) is 12.5 Å². The van der Waals surface area contributed by atoms with E-state index >= 15 is 0 Å². The lowest BCUT2D eigenvalue weighted by Crippen LogP contribution is -2.53. The molecule has 1 aliphatic rings. The first-order valence-electron chi connectivity index (χ1n) is 6.32. The molecule has 1 saturated carbocycles. The quantitative estimate of drug-likeness (QED) is 0.802. The summed E-state index contributed by atoms with van der Waals surface area (Å²) in [4.78, 5) is 15.0. The van der Waals surface area contributed by atoms with Gasteiger partial charge in [0.1, 0.15) is 5.69 Å². The van der Waals surface area contributed by atoms with E-state index in [1.807, 2.05) is 0 Å². The Bertz CT molecular complexity index is 432. The number of aromatic amines is 1. The standard InChI is InChI=1S/C13H19BrN2O2/c1-9-3-2-4-13(6-9,8-17)16-12(18)11-5-10(14)7-15-11/h5,7,9,15,17H,2-4,6,8H2,1H3,(H,16,18). The van der Waals surface area contributed by atoms with Crippen LogP contribution in [0.2, 0.25) is 0 Å². The molecule has 100 valence electrons. The van der Waals surface area contributed by atoms with E-state index in [2.05, 4.69) is 33.2 Å². The molecule has 18 heavy (non-hydrogen) atoms. The van der Waals surface area contributed by atoms with Crippen molar-refractivity contribution in [2.75, 3.05) is 6.61 Å². The molecule has 2 rings (SSSR count). The average molecular weight is 315 g/mol. The minimum absolute atomic E-state index is 0.00492. The maximum absolute atomic E-state index is 12.1. The SMILES string of the molecule is CC1CCCC(CO)(NC(=O)c2cc(Br)c[nH]2)C1. The molecule has 0 bridgehead atoms. The molecular weight excluding hydrogens is 296 g/mol. The Labute approximate surface area is 115 Å². The number of H-pyrrole nitrogens is 1. The summed E-state index contributed by atoms with van der Waals surface area (Å²) in [5, 5.41) is 12.6. The molecule has 3 N–H and O–H groups in total. The third-order valence-electron chi connectivity index (χ3n) is 3.67. The molecule has 1 aromatic rings.